The Morgan fingerprint density at radius 1 is 1.23 bits per heavy atom. The van der Waals surface area contributed by atoms with E-state index in [4.69, 9.17) is 4.42 Å². The van der Waals surface area contributed by atoms with Gasteiger partial charge in [0.15, 0.2) is 5.76 Å². The minimum atomic E-state index is -0.700. The second-order valence-electron chi connectivity index (χ2n) is 5.38. The normalized spacial score (nSPS) is 10.8. The van der Waals surface area contributed by atoms with Crippen molar-refractivity contribution < 1.29 is 14.1 Å². The number of nitro groups is 1. The lowest BCUT2D eigenvalue weighted by atomic mass is 10.1. The van der Waals surface area contributed by atoms with Crippen LogP contribution in [0, 0.1) is 10.1 Å². The van der Waals surface area contributed by atoms with Gasteiger partial charge in [-0.25, -0.2) is 9.97 Å². The maximum Gasteiger partial charge on any atom is 0.433 e. The first-order valence-electron chi connectivity index (χ1n) is 7.56. The first-order chi connectivity index (χ1) is 12.6. The molecule has 0 saturated heterocycles. The summed E-state index contributed by atoms with van der Waals surface area (Å²) in [5, 5.41) is 13.3. The third-order valence-electron chi connectivity index (χ3n) is 3.65. The third kappa shape index (κ3) is 2.88. The van der Waals surface area contributed by atoms with Crippen molar-refractivity contribution in [3.05, 3.63) is 76.9 Å². The molecule has 9 heteroatoms. The van der Waals surface area contributed by atoms with Crippen LogP contribution >= 0.6 is 0 Å². The summed E-state index contributed by atoms with van der Waals surface area (Å²) in [6.45, 7) is 0. The molecule has 26 heavy (non-hydrogen) atoms. The van der Waals surface area contributed by atoms with Crippen molar-refractivity contribution in [3.63, 3.8) is 0 Å². The minimum absolute atomic E-state index is 0.140. The van der Waals surface area contributed by atoms with Crippen LogP contribution in [0.1, 0.15) is 10.6 Å². The van der Waals surface area contributed by atoms with Crippen molar-refractivity contribution in [1.29, 1.82) is 0 Å². The van der Waals surface area contributed by atoms with E-state index in [-0.39, 0.29) is 5.76 Å². The Hall–Kier alpha value is -4.01. The molecule has 4 rings (SSSR count). The average molecular weight is 349 g/mol. The molecular weight excluding hydrogens is 338 g/mol. The molecule has 9 nitrogen and oxygen atoms in total. The van der Waals surface area contributed by atoms with Gasteiger partial charge < -0.3 is 9.73 Å². The second kappa shape index (κ2) is 6.13. The quantitative estimate of drug-likeness (QED) is 0.447. The fourth-order valence-electron chi connectivity index (χ4n) is 2.47. The van der Waals surface area contributed by atoms with Gasteiger partial charge in [-0.3, -0.25) is 19.3 Å². The summed E-state index contributed by atoms with van der Waals surface area (Å²) in [6, 6.07) is 11.3. The molecule has 0 spiro atoms. The highest BCUT2D eigenvalue weighted by Crippen LogP contribution is 2.23. The van der Waals surface area contributed by atoms with Crippen LogP contribution < -0.4 is 5.32 Å². The molecule has 0 aliphatic heterocycles. The average Bonchev–Trinajstić information content (AvgIpc) is 3.29. The summed E-state index contributed by atoms with van der Waals surface area (Å²) in [4.78, 5) is 30.7. The largest absolute Gasteiger partial charge is 0.433 e. The van der Waals surface area contributed by atoms with Crippen LogP contribution in [-0.4, -0.2) is 25.2 Å². The van der Waals surface area contributed by atoms with E-state index in [1.807, 2.05) is 18.5 Å². The monoisotopic (exact) mass is 349 g/mol. The zero-order valence-corrected chi connectivity index (χ0v) is 13.2. The zero-order valence-electron chi connectivity index (χ0n) is 13.2. The summed E-state index contributed by atoms with van der Waals surface area (Å²) in [5.74, 6) is -0.633. The van der Waals surface area contributed by atoms with E-state index in [0.717, 1.165) is 11.6 Å². The lowest BCUT2D eigenvalue weighted by Crippen LogP contribution is -2.10. The van der Waals surface area contributed by atoms with Gasteiger partial charge in [0.25, 0.3) is 5.91 Å². The Kier molecular flexibility index (Phi) is 3.66. The topological polar surface area (TPSA) is 116 Å². The van der Waals surface area contributed by atoms with Crippen molar-refractivity contribution in [2.24, 2.45) is 0 Å². The molecule has 0 unspecified atom stereocenters. The third-order valence-corrected chi connectivity index (χ3v) is 3.65. The van der Waals surface area contributed by atoms with Gasteiger partial charge >= 0.3 is 5.88 Å². The number of nitrogens with one attached hydrogen (secondary N) is 1. The van der Waals surface area contributed by atoms with Gasteiger partial charge in [-0.15, -0.1) is 0 Å². The molecule has 0 radical (unpaired) electrons. The maximum atomic E-state index is 12.2. The summed E-state index contributed by atoms with van der Waals surface area (Å²) >= 11 is 0. The fourth-order valence-corrected chi connectivity index (χ4v) is 2.47. The molecule has 0 aliphatic rings. The zero-order chi connectivity index (χ0) is 18.1. The van der Waals surface area contributed by atoms with Gasteiger partial charge in [0.1, 0.15) is 4.92 Å². The van der Waals surface area contributed by atoms with Gasteiger partial charge in [0, 0.05) is 29.8 Å². The van der Waals surface area contributed by atoms with Crippen LogP contribution in [0.25, 0.3) is 17.0 Å². The Labute approximate surface area is 146 Å². The molecule has 128 valence electrons. The van der Waals surface area contributed by atoms with Crippen LogP contribution in [0.2, 0.25) is 0 Å². The highest BCUT2D eigenvalue weighted by molar-refractivity contribution is 6.02. The van der Waals surface area contributed by atoms with Crippen LogP contribution in [0.5, 0.6) is 0 Å². The summed E-state index contributed by atoms with van der Waals surface area (Å²) in [6.07, 6.45) is 5.33. The van der Waals surface area contributed by atoms with Crippen molar-refractivity contribution >= 4 is 23.3 Å². The molecule has 4 aromatic rings. The van der Waals surface area contributed by atoms with Gasteiger partial charge in [0.05, 0.1) is 11.8 Å². The molecule has 0 bridgehead atoms. The first kappa shape index (κ1) is 15.5. The van der Waals surface area contributed by atoms with Crippen LogP contribution in [-0.2, 0) is 0 Å². The number of imidazole rings is 1. The van der Waals surface area contributed by atoms with E-state index in [0.29, 0.717) is 17.2 Å². The fraction of sp³-hybridized carbons (Fsp3) is 0. The van der Waals surface area contributed by atoms with Gasteiger partial charge in [0.2, 0.25) is 5.78 Å². The Morgan fingerprint density at radius 3 is 2.88 bits per heavy atom. The number of furan rings is 1. The first-order valence-corrected chi connectivity index (χ1v) is 7.56. The molecule has 0 fully saturated rings. The summed E-state index contributed by atoms with van der Waals surface area (Å²) < 4.78 is 6.69. The minimum Gasteiger partial charge on any atom is -0.395 e. The molecule has 3 aromatic heterocycles. The predicted octanol–water partition coefficient (Wildman–Crippen LogP) is 3.15. The van der Waals surface area contributed by atoms with E-state index < -0.39 is 16.7 Å². The maximum absolute atomic E-state index is 12.2. The van der Waals surface area contributed by atoms with Crippen molar-refractivity contribution in [2.75, 3.05) is 5.32 Å². The highest BCUT2D eigenvalue weighted by Gasteiger charge is 2.17. The van der Waals surface area contributed by atoms with E-state index >= 15 is 0 Å². The van der Waals surface area contributed by atoms with Crippen LogP contribution in [0.4, 0.5) is 11.6 Å². The van der Waals surface area contributed by atoms with Gasteiger partial charge in [-0.1, -0.05) is 12.1 Å². The Balaban J connectivity index is 1.59. The van der Waals surface area contributed by atoms with Gasteiger partial charge in [-0.05, 0) is 24.3 Å². The molecule has 3 heterocycles. The Bertz CT molecular complexity index is 1100. The van der Waals surface area contributed by atoms with Crippen LogP contribution in [0.3, 0.4) is 0 Å². The van der Waals surface area contributed by atoms with Crippen molar-refractivity contribution in [2.45, 2.75) is 0 Å². The molecular formula is C17H11N5O4. The number of hydrogen-bond donors (Lipinski definition) is 1. The molecule has 1 amide bonds. The number of amides is 1. The Morgan fingerprint density at radius 2 is 2.12 bits per heavy atom. The lowest BCUT2D eigenvalue weighted by molar-refractivity contribution is -0.402. The number of anilines is 1. The SMILES string of the molecule is O=C(Nc1cccc(-c2cn3cccnc3n2)c1)c1ccc([N+](=O)[O-])o1. The molecule has 0 saturated carbocycles. The second-order valence-corrected chi connectivity index (χ2v) is 5.38. The number of hydrogen-bond acceptors (Lipinski definition) is 6. The summed E-state index contributed by atoms with van der Waals surface area (Å²) in [7, 11) is 0. The molecule has 0 aliphatic carbocycles. The smallest absolute Gasteiger partial charge is 0.395 e. The van der Waals surface area contributed by atoms with E-state index in [9.17, 15) is 14.9 Å². The van der Waals surface area contributed by atoms with E-state index in [1.54, 1.807) is 34.9 Å². The number of benzene rings is 1. The number of fused-ring (bicyclic) bond motifs is 1. The van der Waals surface area contributed by atoms with E-state index in [1.165, 1.54) is 6.07 Å². The summed E-state index contributed by atoms with van der Waals surface area (Å²) in [5.41, 5.74) is 2.00. The van der Waals surface area contributed by atoms with Crippen molar-refractivity contribution in [1.82, 2.24) is 14.4 Å². The number of rotatable bonds is 4. The standard InChI is InChI=1S/C17H11N5O4/c23-16(14-5-6-15(26-14)22(24)25)19-12-4-1-3-11(9-12)13-10-21-8-2-7-18-17(21)20-13/h1-10H,(H,19,23). The molecule has 0 atom stereocenters. The number of aromatic nitrogens is 3. The lowest BCUT2D eigenvalue weighted by Gasteiger charge is -2.04. The molecule has 1 aromatic carbocycles. The number of carbonyl (C=O) groups is 1. The number of nitrogens with zero attached hydrogens (tertiary/aromatic N) is 4. The van der Waals surface area contributed by atoms with E-state index in [2.05, 4.69) is 15.3 Å². The highest BCUT2D eigenvalue weighted by atomic mass is 16.6. The number of carbonyl (C=O) groups excluding carboxylic acids is 1. The van der Waals surface area contributed by atoms with Crippen molar-refractivity contribution in [3.8, 4) is 11.3 Å². The van der Waals surface area contributed by atoms with Gasteiger partial charge in [-0.2, -0.15) is 0 Å². The predicted molar refractivity (Wildman–Crippen MR) is 91.7 cm³/mol. The van der Waals surface area contributed by atoms with Crippen LogP contribution in [0.15, 0.2) is 65.5 Å². The molecule has 1 N–H and O–H groups in total.